The fourth-order valence-corrected chi connectivity index (χ4v) is 3.91. The summed E-state index contributed by atoms with van der Waals surface area (Å²) in [6.07, 6.45) is 4.69. The summed E-state index contributed by atoms with van der Waals surface area (Å²) in [6.45, 7) is 5.84. The number of benzene rings is 2. The molecule has 0 atom stereocenters. The van der Waals surface area contributed by atoms with E-state index in [1.807, 2.05) is 45.0 Å². The lowest BCUT2D eigenvalue weighted by Crippen LogP contribution is -2.23. The summed E-state index contributed by atoms with van der Waals surface area (Å²) in [5.74, 6) is -0.849. The van der Waals surface area contributed by atoms with Gasteiger partial charge in [-0.15, -0.1) is 0 Å². The molecule has 0 aliphatic carbocycles. The van der Waals surface area contributed by atoms with Gasteiger partial charge in [0.2, 0.25) is 0 Å². The molecule has 2 amide bonds. The number of aromatic amines is 1. The Hall–Kier alpha value is -5.12. The molecule has 2 aromatic carbocycles. The van der Waals surface area contributed by atoms with E-state index in [0.29, 0.717) is 28.0 Å². The maximum Gasteiger partial charge on any atom is 0.278 e. The lowest BCUT2D eigenvalue weighted by Gasteiger charge is -2.18. The highest BCUT2D eigenvalue weighted by molar-refractivity contribution is 6.11. The summed E-state index contributed by atoms with van der Waals surface area (Å²) in [7, 11) is 0. The van der Waals surface area contributed by atoms with Crippen LogP contribution in [0.25, 0.3) is 22.0 Å². The Morgan fingerprint density at radius 2 is 1.55 bits per heavy atom. The Bertz CT molecular complexity index is 1700. The molecule has 0 unspecified atom stereocenters. The lowest BCUT2D eigenvalue weighted by molar-refractivity contribution is 0.102. The Balaban J connectivity index is 1.41. The van der Waals surface area contributed by atoms with E-state index >= 15 is 0 Å². The molecule has 190 valence electrons. The maximum absolute atomic E-state index is 13.3. The van der Waals surface area contributed by atoms with Crippen molar-refractivity contribution in [2.75, 3.05) is 10.6 Å². The maximum atomic E-state index is 13.3. The Labute approximate surface area is 217 Å². The topological polar surface area (TPSA) is 135 Å². The van der Waals surface area contributed by atoms with Gasteiger partial charge < -0.3 is 10.6 Å². The van der Waals surface area contributed by atoms with Crippen LogP contribution in [0, 0.1) is 0 Å². The first-order chi connectivity index (χ1) is 18.2. The molecule has 0 spiro atoms. The fourth-order valence-electron chi connectivity index (χ4n) is 3.91. The van der Waals surface area contributed by atoms with Gasteiger partial charge in [0.15, 0.2) is 5.69 Å². The largest absolute Gasteiger partial charge is 0.321 e. The van der Waals surface area contributed by atoms with Crippen molar-refractivity contribution in [2.45, 2.75) is 26.3 Å². The number of hydrogen-bond donors (Lipinski definition) is 3. The Morgan fingerprint density at radius 3 is 2.24 bits per heavy atom. The second-order valence-electron chi connectivity index (χ2n) is 9.68. The summed E-state index contributed by atoms with van der Waals surface area (Å²) < 4.78 is 1.64. The highest BCUT2D eigenvalue weighted by Gasteiger charge is 2.24. The average molecular weight is 508 g/mol. The Kier molecular flexibility index (Phi) is 6.29. The molecule has 0 aliphatic heterocycles. The van der Waals surface area contributed by atoms with Crippen LogP contribution in [0.15, 0.2) is 84.0 Å². The average Bonchev–Trinajstić information content (AvgIpc) is 3.35. The summed E-state index contributed by atoms with van der Waals surface area (Å²) in [6, 6.07) is 17.5. The predicted molar refractivity (Wildman–Crippen MR) is 145 cm³/mol. The van der Waals surface area contributed by atoms with Crippen molar-refractivity contribution in [2.24, 2.45) is 0 Å². The van der Waals surface area contributed by atoms with E-state index < -0.39 is 11.4 Å². The minimum Gasteiger partial charge on any atom is -0.321 e. The molecular weight excluding hydrogens is 482 g/mol. The van der Waals surface area contributed by atoms with E-state index in [2.05, 4.69) is 30.9 Å². The minimum atomic E-state index is -0.474. The molecular formula is C28H25N7O3. The number of fused-ring (bicyclic) bond motifs is 1. The molecule has 3 N–H and O–H groups in total. The molecule has 10 nitrogen and oxygen atoms in total. The van der Waals surface area contributed by atoms with Crippen molar-refractivity contribution in [3.05, 3.63) is 101 Å². The number of anilines is 2. The molecule has 5 aromatic rings. The van der Waals surface area contributed by atoms with Crippen molar-refractivity contribution < 1.29 is 9.59 Å². The van der Waals surface area contributed by atoms with Crippen LogP contribution in [0.2, 0.25) is 0 Å². The quantitative estimate of drug-likeness (QED) is 0.322. The van der Waals surface area contributed by atoms with E-state index in [1.165, 1.54) is 12.4 Å². The zero-order valence-corrected chi connectivity index (χ0v) is 21.0. The van der Waals surface area contributed by atoms with Gasteiger partial charge in [0.05, 0.1) is 22.3 Å². The molecule has 10 heteroatoms. The van der Waals surface area contributed by atoms with Gasteiger partial charge >= 0.3 is 0 Å². The standard InChI is InChI=1S/C28H25N7O3/c1-28(2,3)35-16-22(31-25(36)18-12-14-29-15-13-18)24(34-35)27(38)30-19-10-8-17(9-11-19)23-20-6-4-5-7-21(20)26(37)33-32-23/h4-16H,1-3H3,(H,30,38)(H,31,36)(H,33,37). The number of pyridine rings is 1. The molecule has 0 fully saturated rings. The van der Waals surface area contributed by atoms with Crippen LogP contribution in [0.4, 0.5) is 11.4 Å². The van der Waals surface area contributed by atoms with Crippen molar-refractivity contribution in [1.29, 1.82) is 0 Å². The highest BCUT2D eigenvalue weighted by atomic mass is 16.2. The van der Waals surface area contributed by atoms with Crippen LogP contribution >= 0.6 is 0 Å². The summed E-state index contributed by atoms with van der Waals surface area (Å²) in [5.41, 5.74) is 2.05. The van der Waals surface area contributed by atoms with Gasteiger partial charge in [0, 0.05) is 40.8 Å². The number of carbonyl (C=O) groups excluding carboxylic acids is 2. The number of amides is 2. The van der Waals surface area contributed by atoms with Crippen molar-refractivity contribution >= 4 is 34.0 Å². The number of nitrogens with zero attached hydrogens (tertiary/aromatic N) is 4. The van der Waals surface area contributed by atoms with Crippen LogP contribution in [-0.2, 0) is 5.54 Å². The van der Waals surface area contributed by atoms with E-state index in [4.69, 9.17) is 0 Å². The molecule has 0 bridgehead atoms. The summed E-state index contributed by atoms with van der Waals surface area (Å²) in [5, 5.41) is 18.1. The molecule has 0 radical (unpaired) electrons. The third-order valence-corrected chi connectivity index (χ3v) is 5.92. The lowest BCUT2D eigenvalue weighted by atomic mass is 10.0. The van der Waals surface area contributed by atoms with E-state index in [1.54, 1.807) is 47.3 Å². The zero-order valence-electron chi connectivity index (χ0n) is 21.0. The molecule has 0 saturated carbocycles. The first-order valence-electron chi connectivity index (χ1n) is 11.9. The van der Waals surface area contributed by atoms with Gasteiger partial charge in [-0.2, -0.15) is 10.2 Å². The molecule has 3 heterocycles. The fraction of sp³-hybridized carbons (Fsp3) is 0.143. The molecule has 38 heavy (non-hydrogen) atoms. The SMILES string of the molecule is CC(C)(C)n1cc(NC(=O)c2ccncc2)c(C(=O)Nc2ccc(-c3n[nH]c(=O)c4ccccc34)cc2)n1. The van der Waals surface area contributed by atoms with Gasteiger partial charge in [0.1, 0.15) is 0 Å². The second-order valence-corrected chi connectivity index (χ2v) is 9.68. The van der Waals surface area contributed by atoms with Gasteiger partial charge in [-0.3, -0.25) is 24.0 Å². The van der Waals surface area contributed by atoms with Gasteiger partial charge in [-0.1, -0.05) is 30.3 Å². The number of aromatic nitrogens is 5. The van der Waals surface area contributed by atoms with Crippen molar-refractivity contribution in [3.63, 3.8) is 0 Å². The van der Waals surface area contributed by atoms with Crippen molar-refractivity contribution in [1.82, 2.24) is 25.0 Å². The number of hydrogen-bond acceptors (Lipinski definition) is 6. The summed E-state index contributed by atoms with van der Waals surface area (Å²) in [4.78, 5) is 42.1. The second kappa shape index (κ2) is 9.74. The zero-order chi connectivity index (χ0) is 26.9. The highest BCUT2D eigenvalue weighted by Crippen LogP contribution is 2.26. The molecule has 0 saturated heterocycles. The predicted octanol–water partition coefficient (Wildman–Crippen LogP) is 4.44. The third-order valence-electron chi connectivity index (χ3n) is 5.92. The van der Waals surface area contributed by atoms with Crippen LogP contribution in [-0.4, -0.2) is 36.8 Å². The monoisotopic (exact) mass is 507 g/mol. The van der Waals surface area contributed by atoms with Crippen LogP contribution in [0.5, 0.6) is 0 Å². The minimum absolute atomic E-state index is 0.0831. The van der Waals surface area contributed by atoms with Gasteiger partial charge in [-0.25, -0.2) is 5.10 Å². The number of rotatable bonds is 5. The number of carbonyl (C=O) groups is 2. The van der Waals surface area contributed by atoms with Gasteiger partial charge in [0.25, 0.3) is 17.4 Å². The van der Waals surface area contributed by atoms with Crippen LogP contribution < -0.4 is 16.2 Å². The number of H-pyrrole nitrogens is 1. The van der Waals surface area contributed by atoms with Crippen LogP contribution in [0.3, 0.4) is 0 Å². The first-order valence-corrected chi connectivity index (χ1v) is 11.9. The smallest absolute Gasteiger partial charge is 0.278 e. The van der Waals surface area contributed by atoms with E-state index in [-0.39, 0.29) is 17.2 Å². The molecule has 0 aliphatic rings. The van der Waals surface area contributed by atoms with E-state index in [9.17, 15) is 14.4 Å². The van der Waals surface area contributed by atoms with Crippen molar-refractivity contribution in [3.8, 4) is 11.3 Å². The third kappa shape index (κ3) is 4.92. The number of nitrogens with one attached hydrogen (secondary N) is 3. The van der Waals surface area contributed by atoms with Crippen LogP contribution in [0.1, 0.15) is 41.6 Å². The van der Waals surface area contributed by atoms with Gasteiger partial charge in [-0.05, 0) is 51.1 Å². The molecule has 5 rings (SSSR count). The Morgan fingerprint density at radius 1 is 0.868 bits per heavy atom. The molecule has 3 aromatic heterocycles. The normalized spacial score (nSPS) is 11.3. The van der Waals surface area contributed by atoms with E-state index in [0.717, 1.165) is 10.9 Å². The summed E-state index contributed by atoms with van der Waals surface area (Å²) >= 11 is 0. The first kappa shape index (κ1) is 24.6.